The largest absolute Gasteiger partial charge is 0.484 e. The number of alkyl halides is 1. The van der Waals surface area contributed by atoms with Gasteiger partial charge in [0.1, 0.15) is 11.6 Å². The zero-order valence-electron chi connectivity index (χ0n) is 12.1. The van der Waals surface area contributed by atoms with E-state index in [-0.39, 0.29) is 35.4 Å². The third kappa shape index (κ3) is 3.37. The van der Waals surface area contributed by atoms with Crippen molar-refractivity contribution in [1.82, 2.24) is 10.6 Å². The molecule has 0 spiro atoms. The average Bonchev–Trinajstić information content (AvgIpc) is 2.44. The molecular weight excluding hydrogens is 363 g/mol. The van der Waals surface area contributed by atoms with E-state index in [2.05, 4.69) is 10.6 Å². The van der Waals surface area contributed by atoms with Gasteiger partial charge in [-0.3, -0.25) is 9.59 Å². The molecule has 3 fully saturated rings. The lowest BCUT2D eigenvalue weighted by Crippen LogP contribution is -2.84. The van der Waals surface area contributed by atoms with Gasteiger partial charge in [-0.1, -0.05) is 23.2 Å². The van der Waals surface area contributed by atoms with Gasteiger partial charge in [0.05, 0.1) is 10.0 Å². The van der Waals surface area contributed by atoms with Gasteiger partial charge in [-0.2, -0.15) is 0 Å². The lowest BCUT2D eigenvalue weighted by Gasteiger charge is -2.70. The van der Waals surface area contributed by atoms with Crippen molar-refractivity contribution in [3.05, 3.63) is 28.2 Å². The smallest absolute Gasteiger partial charge is 0.258 e. The highest BCUT2D eigenvalue weighted by Gasteiger charge is 2.69. The van der Waals surface area contributed by atoms with Crippen LogP contribution in [0.4, 0.5) is 0 Å². The minimum Gasteiger partial charge on any atom is -0.484 e. The van der Waals surface area contributed by atoms with E-state index in [1.54, 1.807) is 18.2 Å². The molecule has 0 aliphatic heterocycles. The van der Waals surface area contributed by atoms with E-state index < -0.39 is 0 Å². The summed E-state index contributed by atoms with van der Waals surface area (Å²) >= 11 is 17.2. The Hall–Kier alpha value is -1.17. The van der Waals surface area contributed by atoms with Crippen LogP contribution in [0.2, 0.25) is 10.0 Å². The fourth-order valence-electron chi connectivity index (χ4n) is 3.43. The Bertz CT molecular complexity index is 646. The molecule has 0 unspecified atom stereocenters. The van der Waals surface area contributed by atoms with Crippen LogP contribution in [0, 0.1) is 0 Å². The third-order valence-corrected chi connectivity index (χ3v) is 5.20. The number of hydrogen-bond acceptors (Lipinski definition) is 3. The molecule has 2 amide bonds. The van der Waals surface area contributed by atoms with Gasteiger partial charge < -0.3 is 15.4 Å². The Balaban J connectivity index is 1.43. The highest BCUT2D eigenvalue weighted by Crippen LogP contribution is 2.60. The van der Waals surface area contributed by atoms with Crippen LogP contribution in [0.3, 0.4) is 0 Å². The van der Waals surface area contributed by atoms with Crippen LogP contribution in [-0.4, -0.2) is 35.4 Å². The Labute approximate surface area is 148 Å². The lowest BCUT2D eigenvalue weighted by atomic mass is 9.44. The van der Waals surface area contributed by atoms with Gasteiger partial charge in [-0.15, -0.1) is 11.6 Å². The first-order valence-electron chi connectivity index (χ1n) is 7.11. The molecule has 0 aromatic heterocycles. The number of ether oxygens (including phenoxy) is 1. The molecule has 8 heteroatoms. The summed E-state index contributed by atoms with van der Waals surface area (Å²) in [4.78, 5) is 23.3. The number of benzene rings is 1. The molecule has 1 aromatic carbocycles. The molecule has 0 saturated heterocycles. The van der Waals surface area contributed by atoms with Crippen LogP contribution in [0.5, 0.6) is 5.75 Å². The van der Waals surface area contributed by atoms with Gasteiger partial charge in [0.25, 0.3) is 5.91 Å². The molecule has 5 nitrogen and oxygen atoms in total. The van der Waals surface area contributed by atoms with E-state index in [1.165, 1.54) is 0 Å². The van der Waals surface area contributed by atoms with Crippen LogP contribution in [-0.2, 0) is 9.59 Å². The maximum atomic E-state index is 12.0. The molecule has 0 atom stereocenters. The number of carbonyl (C=O) groups excluding carboxylic acids is 2. The summed E-state index contributed by atoms with van der Waals surface area (Å²) in [6.07, 6.45) is 2.21. The van der Waals surface area contributed by atoms with E-state index in [0.29, 0.717) is 15.8 Å². The standard InChI is InChI=1S/C15H15Cl3N2O3/c16-4-12(21)19-14-6-15(7-14,8-14)20-13(22)5-23-9-1-2-10(17)11(18)3-9/h1-3H,4-8H2,(H,19,21)(H,20,22). The minimum absolute atomic E-state index is 0.0431. The molecule has 3 aliphatic carbocycles. The molecule has 0 heterocycles. The first kappa shape index (κ1) is 16.7. The predicted molar refractivity (Wildman–Crippen MR) is 88.3 cm³/mol. The van der Waals surface area contributed by atoms with Gasteiger partial charge >= 0.3 is 0 Å². The number of rotatable bonds is 6. The number of amides is 2. The van der Waals surface area contributed by atoms with Crippen LogP contribution in [0.25, 0.3) is 0 Å². The van der Waals surface area contributed by atoms with Crippen molar-refractivity contribution in [1.29, 1.82) is 0 Å². The molecule has 1 aromatic rings. The molecule has 2 N–H and O–H groups in total. The van der Waals surface area contributed by atoms with Gasteiger partial charge in [-0.05, 0) is 31.4 Å². The lowest BCUT2D eigenvalue weighted by molar-refractivity contribution is -0.149. The van der Waals surface area contributed by atoms with Crippen molar-refractivity contribution in [3.63, 3.8) is 0 Å². The van der Waals surface area contributed by atoms with Crippen molar-refractivity contribution in [2.75, 3.05) is 12.5 Å². The summed E-state index contributed by atoms with van der Waals surface area (Å²) in [6, 6.07) is 4.83. The summed E-state index contributed by atoms with van der Waals surface area (Å²) in [5.41, 5.74) is -0.387. The van der Waals surface area contributed by atoms with E-state index in [1.807, 2.05) is 0 Å². The highest BCUT2D eigenvalue weighted by molar-refractivity contribution is 6.42. The maximum Gasteiger partial charge on any atom is 0.258 e. The molecule has 0 radical (unpaired) electrons. The fraction of sp³-hybridized carbons (Fsp3) is 0.467. The molecule has 4 rings (SSSR count). The number of nitrogens with one attached hydrogen (secondary N) is 2. The summed E-state index contributed by atoms with van der Waals surface area (Å²) in [7, 11) is 0. The van der Waals surface area contributed by atoms with E-state index >= 15 is 0 Å². The summed E-state index contributed by atoms with van der Waals surface area (Å²) in [5, 5.41) is 6.67. The molecule has 3 saturated carbocycles. The topological polar surface area (TPSA) is 67.4 Å². The van der Waals surface area contributed by atoms with Crippen LogP contribution >= 0.6 is 34.8 Å². The Morgan fingerprint density at radius 2 is 1.65 bits per heavy atom. The maximum absolute atomic E-state index is 12.0. The Morgan fingerprint density at radius 1 is 1.04 bits per heavy atom. The second-order valence-corrected chi connectivity index (χ2v) is 7.27. The number of halogens is 3. The highest BCUT2D eigenvalue weighted by atomic mass is 35.5. The quantitative estimate of drug-likeness (QED) is 0.749. The molecule has 2 bridgehead atoms. The second-order valence-electron chi connectivity index (χ2n) is 6.19. The Morgan fingerprint density at radius 3 is 2.22 bits per heavy atom. The zero-order valence-corrected chi connectivity index (χ0v) is 14.4. The summed E-state index contributed by atoms with van der Waals surface area (Å²) in [5.74, 6) is 0.0683. The number of hydrogen-bond donors (Lipinski definition) is 2. The van der Waals surface area contributed by atoms with E-state index in [9.17, 15) is 9.59 Å². The van der Waals surface area contributed by atoms with Crippen LogP contribution in [0.1, 0.15) is 19.3 Å². The molecule has 23 heavy (non-hydrogen) atoms. The van der Waals surface area contributed by atoms with Gasteiger partial charge in [0.2, 0.25) is 5.91 Å². The normalized spacial score (nSPS) is 27.4. The first-order chi connectivity index (χ1) is 10.9. The summed E-state index contributed by atoms with van der Waals surface area (Å²) < 4.78 is 5.40. The van der Waals surface area contributed by atoms with Gasteiger partial charge in [-0.25, -0.2) is 0 Å². The van der Waals surface area contributed by atoms with Crippen molar-refractivity contribution >= 4 is 46.6 Å². The average molecular weight is 378 g/mol. The monoisotopic (exact) mass is 376 g/mol. The number of carbonyl (C=O) groups is 2. The second kappa shape index (κ2) is 6.04. The van der Waals surface area contributed by atoms with Crippen molar-refractivity contribution in [2.24, 2.45) is 0 Å². The molecule has 3 aliphatic rings. The van der Waals surface area contributed by atoms with E-state index in [4.69, 9.17) is 39.5 Å². The van der Waals surface area contributed by atoms with Gasteiger partial charge in [0.15, 0.2) is 6.61 Å². The third-order valence-electron chi connectivity index (χ3n) is 4.22. The fourth-order valence-corrected chi connectivity index (χ4v) is 3.78. The van der Waals surface area contributed by atoms with Crippen LogP contribution < -0.4 is 15.4 Å². The molecular formula is C15H15Cl3N2O3. The van der Waals surface area contributed by atoms with Crippen LogP contribution in [0.15, 0.2) is 18.2 Å². The van der Waals surface area contributed by atoms with Gasteiger partial charge in [0, 0.05) is 17.1 Å². The van der Waals surface area contributed by atoms with Crippen molar-refractivity contribution < 1.29 is 14.3 Å². The molecule has 124 valence electrons. The minimum atomic E-state index is -0.211. The zero-order chi connectivity index (χ0) is 16.7. The van der Waals surface area contributed by atoms with Crippen molar-refractivity contribution in [2.45, 2.75) is 30.3 Å². The Kier molecular flexibility index (Phi) is 4.38. The van der Waals surface area contributed by atoms with E-state index in [0.717, 1.165) is 19.3 Å². The predicted octanol–water partition coefficient (Wildman–Crippen LogP) is 2.52. The SMILES string of the molecule is O=C(CCl)NC12CC(NC(=O)COc3ccc(Cl)c(Cl)c3)(C1)C2. The summed E-state index contributed by atoms with van der Waals surface area (Å²) in [6.45, 7) is -0.0965. The first-order valence-corrected chi connectivity index (χ1v) is 8.40. The van der Waals surface area contributed by atoms with Crippen molar-refractivity contribution in [3.8, 4) is 5.75 Å².